The summed E-state index contributed by atoms with van der Waals surface area (Å²) in [5.74, 6) is -0.557. The molecule has 0 aliphatic carbocycles. The number of imide groups is 2. The highest BCUT2D eigenvalue weighted by Gasteiger charge is 2.37. The van der Waals surface area contributed by atoms with Gasteiger partial charge in [0.2, 0.25) is 0 Å². The summed E-state index contributed by atoms with van der Waals surface area (Å²) in [6, 6.07) is 19.1. The molecule has 0 unspecified atom stereocenters. The molecule has 0 saturated carbocycles. The standard InChI is InChI=1S/C26H21BrN2O5/c1-16-8-10-19(11-9-16)29-25(31)20(24(30)28-26(29)32)12-18-13-22(33-2)23(14-21(18)27)34-15-17-6-4-3-5-7-17/h3-14H,15H2,1-2H3,(H,28,30,32)/b20-12+. The van der Waals surface area contributed by atoms with Gasteiger partial charge in [0.05, 0.1) is 12.8 Å². The van der Waals surface area contributed by atoms with Gasteiger partial charge < -0.3 is 9.47 Å². The number of hydrogen-bond donors (Lipinski definition) is 1. The number of halogens is 1. The van der Waals surface area contributed by atoms with E-state index >= 15 is 0 Å². The zero-order chi connectivity index (χ0) is 24.2. The van der Waals surface area contributed by atoms with Gasteiger partial charge in [0.1, 0.15) is 12.2 Å². The van der Waals surface area contributed by atoms with Gasteiger partial charge in [-0.2, -0.15) is 0 Å². The van der Waals surface area contributed by atoms with Crippen molar-refractivity contribution in [3.05, 3.63) is 93.5 Å². The van der Waals surface area contributed by atoms with Crippen molar-refractivity contribution in [3.63, 3.8) is 0 Å². The number of rotatable bonds is 6. The maximum Gasteiger partial charge on any atom is 0.335 e. The number of nitrogens with one attached hydrogen (secondary N) is 1. The molecule has 3 aromatic rings. The summed E-state index contributed by atoms with van der Waals surface area (Å²) in [4.78, 5) is 39.0. The van der Waals surface area contributed by atoms with Gasteiger partial charge in [0, 0.05) is 4.47 Å². The van der Waals surface area contributed by atoms with Crippen molar-refractivity contribution in [1.29, 1.82) is 0 Å². The van der Waals surface area contributed by atoms with Gasteiger partial charge in [-0.25, -0.2) is 9.69 Å². The molecule has 172 valence electrons. The summed E-state index contributed by atoms with van der Waals surface area (Å²) in [6.45, 7) is 2.24. The van der Waals surface area contributed by atoms with Gasteiger partial charge in [-0.3, -0.25) is 14.9 Å². The number of nitrogens with zero attached hydrogens (tertiary/aromatic N) is 1. The zero-order valence-corrected chi connectivity index (χ0v) is 20.1. The van der Waals surface area contributed by atoms with Crippen molar-refractivity contribution in [3.8, 4) is 11.5 Å². The molecular formula is C26H21BrN2O5. The molecule has 8 heteroatoms. The third-order valence-corrected chi connectivity index (χ3v) is 5.90. The maximum absolute atomic E-state index is 13.1. The second-order valence-electron chi connectivity index (χ2n) is 7.59. The Labute approximate surface area is 205 Å². The molecule has 0 aromatic heterocycles. The highest BCUT2D eigenvalue weighted by Crippen LogP contribution is 2.35. The van der Waals surface area contributed by atoms with Crippen LogP contribution in [0.2, 0.25) is 0 Å². The number of carbonyl (C=O) groups excluding carboxylic acids is 3. The normalized spacial score (nSPS) is 14.9. The zero-order valence-electron chi connectivity index (χ0n) is 18.5. The van der Waals surface area contributed by atoms with E-state index in [1.165, 1.54) is 13.2 Å². The van der Waals surface area contributed by atoms with Gasteiger partial charge in [0.15, 0.2) is 11.5 Å². The van der Waals surface area contributed by atoms with E-state index in [4.69, 9.17) is 9.47 Å². The number of urea groups is 1. The molecule has 0 bridgehead atoms. The summed E-state index contributed by atoms with van der Waals surface area (Å²) in [6.07, 6.45) is 1.42. The third-order valence-electron chi connectivity index (χ3n) is 5.21. The van der Waals surface area contributed by atoms with E-state index in [0.717, 1.165) is 16.0 Å². The SMILES string of the molecule is COc1cc(/C=C2\C(=O)NC(=O)N(c3ccc(C)cc3)C2=O)c(Br)cc1OCc1ccccc1. The van der Waals surface area contributed by atoms with E-state index in [1.807, 2.05) is 37.3 Å². The Morgan fingerprint density at radius 2 is 1.68 bits per heavy atom. The van der Waals surface area contributed by atoms with E-state index in [1.54, 1.807) is 36.4 Å². The van der Waals surface area contributed by atoms with Crippen LogP contribution in [-0.4, -0.2) is 25.0 Å². The lowest BCUT2D eigenvalue weighted by atomic mass is 10.1. The van der Waals surface area contributed by atoms with Crippen LogP contribution in [0.25, 0.3) is 6.08 Å². The molecule has 7 nitrogen and oxygen atoms in total. The second kappa shape index (κ2) is 9.93. The van der Waals surface area contributed by atoms with Crippen LogP contribution in [-0.2, 0) is 16.2 Å². The fraction of sp³-hybridized carbons (Fsp3) is 0.115. The van der Waals surface area contributed by atoms with E-state index in [-0.39, 0.29) is 5.57 Å². The Morgan fingerprint density at radius 1 is 0.971 bits per heavy atom. The first kappa shape index (κ1) is 23.3. The minimum atomic E-state index is -0.794. The Morgan fingerprint density at radius 3 is 2.35 bits per heavy atom. The lowest BCUT2D eigenvalue weighted by molar-refractivity contribution is -0.122. The molecule has 1 heterocycles. The van der Waals surface area contributed by atoms with Crippen molar-refractivity contribution in [2.45, 2.75) is 13.5 Å². The summed E-state index contributed by atoms with van der Waals surface area (Å²) in [7, 11) is 1.51. The highest BCUT2D eigenvalue weighted by molar-refractivity contribution is 9.10. The number of benzene rings is 3. The summed E-state index contributed by atoms with van der Waals surface area (Å²) in [5.41, 5.74) is 2.68. The number of barbiturate groups is 1. The third kappa shape index (κ3) is 4.87. The first-order valence-electron chi connectivity index (χ1n) is 10.4. The maximum atomic E-state index is 13.1. The predicted octanol–water partition coefficient (Wildman–Crippen LogP) is 5.01. The summed E-state index contributed by atoms with van der Waals surface area (Å²) >= 11 is 3.48. The number of ether oxygens (including phenoxy) is 2. The topological polar surface area (TPSA) is 84.9 Å². The first-order chi connectivity index (χ1) is 16.4. The Balaban J connectivity index is 1.65. The summed E-state index contributed by atoms with van der Waals surface area (Å²) in [5, 5.41) is 2.23. The number of hydrogen-bond acceptors (Lipinski definition) is 5. The molecule has 1 aliphatic heterocycles. The molecule has 3 aromatic carbocycles. The van der Waals surface area contributed by atoms with Gasteiger partial charge in [-0.15, -0.1) is 0 Å². The second-order valence-corrected chi connectivity index (χ2v) is 8.45. The van der Waals surface area contributed by atoms with Crippen molar-refractivity contribution >= 4 is 45.5 Å². The van der Waals surface area contributed by atoms with E-state index in [2.05, 4.69) is 21.2 Å². The molecule has 1 fully saturated rings. The lowest BCUT2D eigenvalue weighted by Gasteiger charge is -2.26. The number of aryl methyl sites for hydroxylation is 1. The van der Waals surface area contributed by atoms with Crippen LogP contribution in [0.1, 0.15) is 16.7 Å². The summed E-state index contributed by atoms with van der Waals surface area (Å²) < 4.78 is 12.0. The van der Waals surface area contributed by atoms with Gasteiger partial charge in [0.25, 0.3) is 11.8 Å². The van der Waals surface area contributed by atoms with Gasteiger partial charge in [-0.05, 0) is 48.4 Å². The molecule has 1 aliphatic rings. The Kier molecular flexibility index (Phi) is 6.79. The molecule has 4 amide bonds. The molecule has 4 rings (SSSR count). The molecule has 1 saturated heterocycles. The number of anilines is 1. The average molecular weight is 521 g/mol. The van der Waals surface area contributed by atoms with Crippen LogP contribution in [0.4, 0.5) is 10.5 Å². The fourth-order valence-electron chi connectivity index (χ4n) is 3.41. The van der Waals surface area contributed by atoms with Crippen molar-refractivity contribution in [2.24, 2.45) is 0 Å². The molecule has 34 heavy (non-hydrogen) atoms. The number of methoxy groups -OCH3 is 1. The molecule has 1 N–H and O–H groups in total. The molecule has 0 spiro atoms. The van der Waals surface area contributed by atoms with Crippen LogP contribution in [0.15, 0.2) is 76.8 Å². The van der Waals surface area contributed by atoms with Gasteiger partial charge >= 0.3 is 6.03 Å². The highest BCUT2D eigenvalue weighted by atomic mass is 79.9. The van der Waals surface area contributed by atoms with Crippen LogP contribution in [0.5, 0.6) is 11.5 Å². The monoisotopic (exact) mass is 520 g/mol. The van der Waals surface area contributed by atoms with Crippen LogP contribution >= 0.6 is 15.9 Å². The Hall–Kier alpha value is -3.91. The van der Waals surface area contributed by atoms with Crippen molar-refractivity contribution in [2.75, 3.05) is 12.0 Å². The first-order valence-corrected chi connectivity index (χ1v) is 11.2. The van der Waals surface area contributed by atoms with Crippen molar-refractivity contribution in [1.82, 2.24) is 5.32 Å². The number of carbonyl (C=O) groups is 3. The number of amides is 4. The largest absolute Gasteiger partial charge is 0.493 e. The fourth-order valence-corrected chi connectivity index (χ4v) is 3.85. The average Bonchev–Trinajstić information content (AvgIpc) is 2.83. The molecule has 0 radical (unpaired) electrons. The minimum Gasteiger partial charge on any atom is -0.493 e. The van der Waals surface area contributed by atoms with E-state index in [0.29, 0.717) is 33.8 Å². The molecule has 0 atom stereocenters. The minimum absolute atomic E-state index is 0.180. The van der Waals surface area contributed by atoms with Crippen LogP contribution in [0.3, 0.4) is 0 Å². The predicted molar refractivity (Wildman–Crippen MR) is 132 cm³/mol. The smallest absolute Gasteiger partial charge is 0.335 e. The molecular weight excluding hydrogens is 500 g/mol. The van der Waals surface area contributed by atoms with Crippen LogP contribution in [0, 0.1) is 6.92 Å². The van der Waals surface area contributed by atoms with Gasteiger partial charge in [-0.1, -0.05) is 64.0 Å². The Bertz CT molecular complexity index is 1290. The van der Waals surface area contributed by atoms with Crippen LogP contribution < -0.4 is 19.7 Å². The quantitative estimate of drug-likeness (QED) is 0.364. The lowest BCUT2D eigenvalue weighted by Crippen LogP contribution is -2.54. The van der Waals surface area contributed by atoms with E-state index in [9.17, 15) is 14.4 Å². The van der Waals surface area contributed by atoms with Crippen molar-refractivity contribution < 1.29 is 23.9 Å². The van der Waals surface area contributed by atoms with E-state index < -0.39 is 17.8 Å².